The number of nitrogen functional groups attached to an aromatic ring is 1. The first kappa shape index (κ1) is 11.3. The highest BCUT2D eigenvalue weighted by Crippen LogP contribution is 2.29. The molecule has 1 aromatic carbocycles. The van der Waals surface area contributed by atoms with Gasteiger partial charge >= 0.3 is 0 Å². The quantitative estimate of drug-likeness (QED) is 0.743. The van der Waals surface area contributed by atoms with Gasteiger partial charge in [0.05, 0.1) is 15.7 Å². The highest BCUT2D eigenvalue weighted by molar-refractivity contribution is 6.34. The van der Waals surface area contributed by atoms with Crippen LogP contribution in [-0.4, -0.2) is 14.6 Å². The molecule has 0 fully saturated rings. The summed E-state index contributed by atoms with van der Waals surface area (Å²) >= 11 is 12.1. The van der Waals surface area contributed by atoms with E-state index in [0.717, 1.165) is 5.56 Å². The zero-order valence-corrected chi connectivity index (χ0v) is 10.7. The number of aromatic nitrogens is 3. The standard InChI is InChI=1S/C12H8Cl2N4/c13-8-4-2-1-3-7(8)11-16-17-12-10(15)9(14)5-6-18(11)12/h1-6H,15H2. The average Bonchev–Trinajstić information content (AvgIpc) is 2.79. The first-order valence-electron chi connectivity index (χ1n) is 5.22. The molecule has 0 saturated heterocycles. The Hall–Kier alpha value is -1.78. The molecule has 2 heterocycles. The van der Waals surface area contributed by atoms with E-state index in [4.69, 9.17) is 28.9 Å². The summed E-state index contributed by atoms with van der Waals surface area (Å²) in [5.41, 5.74) is 7.59. The van der Waals surface area contributed by atoms with Crippen LogP contribution in [0.4, 0.5) is 5.69 Å². The minimum atomic E-state index is 0.407. The fourth-order valence-corrected chi connectivity index (χ4v) is 2.14. The van der Waals surface area contributed by atoms with E-state index >= 15 is 0 Å². The second-order valence-corrected chi connectivity index (χ2v) is 4.59. The Morgan fingerprint density at radius 2 is 1.78 bits per heavy atom. The number of pyridine rings is 1. The molecule has 0 radical (unpaired) electrons. The molecule has 3 aromatic rings. The molecular formula is C12H8Cl2N4. The molecule has 0 amide bonds. The zero-order valence-electron chi connectivity index (χ0n) is 9.14. The van der Waals surface area contributed by atoms with Gasteiger partial charge in [-0.15, -0.1) is 10.2 Å². The number of halogens is 2. The van der Waals surface area contributed by atoms with E-state index in [1.807, 2.05) is 18.2 Å². The Labute approximate surface area is 113 Å². The molecule has 18 heavy (non-hydrogen) atoms. The summed E-state index contributed by atoms with van der Waals surface area (Å²) in [5, 5.41) is 9.23. The molecule has 0 spiro atoms. The Balaban J connectivity index is 2.32. The first-order chi connectivity index (χ1) is 8.68. The van der Waals surface area contributed by atoms with Crippen LogP contribution in [0, 0.1) is 0 Å². The number of fused-ring (bicyclic) bond motifs is 1. The molecule has 90 valence electrons. The molecule has 2 N–H and O–H groups in total. The Morgan fingerprint density at radius 1 is 1.00 bits per heavy atom. The minimum Gasteiger partial charge on any atom is -0.394 e. The van der Waals surface area contributed by atoms with E-state index in [9.17, 15) is 0 Å². The highest BCUT2D eigenvalue weighted by Gasteiger charge is 2.13. The Bertz CT molecular complexity index is 736. The largest absolute Gasteiger partial charge is 0.394 e. The van der Waals surface area contributed by atoms with Crippen LogP contribution in [0.15, 0.2) is 36.5 Å². The van der Waals surface area contributed by atoms with Crippen molar-refractivity contribution in [2.75, 3.05) is 5.73 Å². The number of hydrogen-bond acceptors (Lipinski definition) is 3. The Morgan fingerprint density at radius 3 is 2.56 bits per heavy atom. The van der Waals surface area contributed by atoms with Crippen molar-refractivity contribution in [3.8, 4) is 11.4 Å². The molecule has 0 bridgehead atoms. The SMILES string of the molecule is Nc1c(Cl)ccn2c(-c3ccccc3Cl)nnc12. The lowest BCUT2D eigenvalue weighted by Crippen LogP contribution is -1.95. The van der Waals surface area contributed by atoms with Gasteiger partial charge in [0.15, 0.2) is 11.5 Å². The molecule has 2 aromatic heterocycles. The van der Waals surface area contributed by atoms with Crippen molar-refractivity contribution in [3.63, 3.8) is 0 Å². The van der Waals surface area contributed by atoms with Crippen LogP contribution in [0.25, 0.3) is 17.0 Å². The summed E-state index contributed by atoms with van der Waals surface area (Å²) in [5.74, 6) is 0.638. The van der Waals surface area contributed by atoms with E-state index in [1.54, 1.807) is 22.7 Å². The lowest BCUT2D eigenvalue weighted by atomic mass is 10.2. The molecule has 0 aliphatic carbocycles. The van der Waals surface area contributed by atoms with E-state index in [0.29, 0.717) is 27.2 Å². The molecule has 0 aliphatic heterocycles. The second-order valence-electron chi connectivity index (χ2n) is 3.77. The maximum Gasteiger partial charge on any atom is 0.185 e. The lowest BCUT2D eigenvalue weighted by molar-refractivity contribution is 1.11. The van der Waals surface area contributed by atoms with Crippen molar-refractivity contribution in [1.82, 2.24) is 14.6 Å². The van der Waals surface area contributed by atoms with Gasteiger partial charge in [0.2, 0.25) is 0 Å². The number of benzene rings is 1. The monoisotopic (exact) mass is 278 g/mol. The maximum absolute atomic E-state index is 6.15. The van der Waals surface area contributed by atoms with Crippen LogP contribution in [0.2, 0.25) is 10.0 Å². The third-order valence-corrected chi connectivity index (χ3v) is 3.34. The van der Waals surface area contributed by atoms with Gasteiger partial charge in [0.25, 0.3) is 0 Å². The maximum atomic E-state index is 6.15. The van der Waals surface area contributed by atoms with E-state index in [-0.39, 0.29) is 0 Å². The summed E-state index contributed by atoms with van der Waals surface area (Å²) < 4.78 is 1.77. The number of nitrogens with zero attached hydrogens (tertiary/aromatic N) is 3. The number of anilines is 1. The van der Waals surface area contributed by atoms with Crippen LogP contribution in [0.5, 0.6) is 0 Å². The van der Waals surface area contributed by atoms with Crippen molar-refractivity contribution < 1.29 is 0 Å². The van der Waals surface area contributed by atoms with E-state index < -0.39 is 0 Å². The van der Waals surface area contributed by atoms with Crippen LogP contribution in [0.1, 0.15) is 0 Å². The van der Waals surface area contributed by atoms with Gasteiger partial charge in [0, 0.05) is 11.8 Å². The topological polar surface area (TPSA) is 56.2 Å². The third kappa shape index (κ3) is 1.62. The van der Waals surface area contributed by atoms with Crippen molar-refractivity contribution in [1.29, 1.82) is 0 Å². The molecule has 0 saturated carbocycles. The van der Waals surface area contributed by atoms with Gasteiger partial charge in [-0.05, 0) is 18.2 Å². The fourth-order valence-electron chi connectivity index (χ4n) is 1.78. The lowest BCUT2D eigenvalue weighted by Gasteiger charge is -2.04. The van der Waals surface area contributed by atoms with Gasteiger partial charge in [0.1, 0.15) is 0 Å². The van der Waals surface area contributed by atoms with Crippen LogP contribution in [0.3, 0.4) is 0 Å². The summed E-state index contributed by atoms with van der Waals surface area (Å²) in [7, 11) is 0. The van der Waals surface area contributed by atoms with Crippen LogP contribution < -0.4 is 5.73 Å². The molecule has 0 unspecified atom stereocenters. The Kier molecular flexibility index (Phi) is 2.61. The molecule has 0 aliphatic rings. The van der Waals surface area contributed by atoms with Gasteiger partial charge in [-0.2, -0.15) is 0 Å². The van der Waals surface area contributed by atoms with Crippen molar-refractivity contribution >= 4 is 34.5 Å². The zero-order chi connectivity index (χ0) is 12.7. The van der Waals surface area contributed by atoms with Gasteiger partial charge < -0.3 is 5.73 Å². The van der Waals surface area contributed by atoms with Crippen LogP contribution >= 0.6 is 23.2 Å². The molecule has 3 rings (SSSR count). The van der Waals surface area contributed by atoms with Crippen LogP contribution in [-0.2, 0) is 0 Å². The number of rotatable bonds is 1. The number of hydrogen-bond donors (Lipinski definition) is 1. The van der Waals surface area contributed by atoms with E-state index in [1.165, 1.54) is 0 Å². The van der Waals surface area contributed by atoms with Gasteiger partial charge in [-0.3, -0.25) is 4.40 Å². The second kappa shape index (κ2) is 4.15. The average molecular weight is 279 g/mol. The molecule has 4 nitrogen and oxygen atoms in total. The predicted molar refractivity (Wildman–Crippen MR) is 72.9 cm³/mol. The molecule has 0 atom stereocenters. The summed E-state index contributed by atoms with van der Waals surface area (Å²) in [4.78, 5) is 0. The van der Waals surface area contributed by atoms with Crippen molar-refractivity contribution in [2.45, 2.75) is 0 Å². The minimum absolute atomic E-state index is 0.407. The van der Waals surface area contributed by atoms with Crippen molar-refractivity contribution in [2.24, 2.45) is 0 Å². The fraction of sp³-hybridized carbons (Fsp3) is 0. The summed E-state index contributed by atoms with van der Waals surface area (Å²) in [6.45, 7) is 0. The predicted octanol–water partition coefficient (Wildman–Crippen LogP) is 3.29. The molecular weight excluding hydrogens is 271 g/mol. The number of nitrogens with two attached hydrogens (primary N) is 1. The van der Waals surface area contributed by atoms with Gasteiger partial charge in [-0.25, -0.2) is 0 Å². The highest BCUT2D eigenvalue weighted by atomic mass is 35.5. The third-order valence-electron chi connectivity index (χ3n) is 2.68. The molecule has 6 heteroatoms. The summed E-state index contributed by atoms with van der Waals surface area (Å²) in [6.07, 6.45) is 1.77. The van der Waals surface area contributed by atoms with Gasteiger partial charge in [-0.1, -0.05) is 35.3 Å². The van der Waals surface area contributed by atoms with Crippen molar-refractivity contribution in [3.05, 3.63) is 46.6 Å². The smallest absolute Gasteiger partial charge is 0.185 e. The normalized spacial score (nSPS) is 11.0. The van der Waals surface area contributed by atoms with E-state index in [2.05, 4.69) is 10.2 Å². The first-order valence-corrected chi connectivity index (χ1v) is 5.97. The summed E-state index contributed by atoms with van der Waals surface area (Å²) in [6, 6.07) is 9.14.